The number of hydrogen-bond acceptors (Lipinski definition) is 5. The van der Waals surface area contributed by atoms with E-state index in [2.05, 4.69) is 5.32 Å². The minimum Gasteiger partial charge on any atom is -0.497 e. The van der Waals surface area contributed by atoms with Crippen LogP contribution in [-0.2, 0) is 33.9 Å². The Hall–Kier alpha value is -3.61. The van der Waals surface area contributed by atoms with Gasteiger partial charge in [0.2, 0.25) is 6.29 Å². The molecular weight excluding hydrogens is 442 g/mol. The number of aliphatic hydroxyl groups excluding tert-OH is 1. The molecule has 4 rings (SSSR count). The van der Waals surface area contributed by atoms with E-state index in [0.29, 0.717) is 19.6 Å². The highest BCUT2D eigenvalue weighted by Crippen LogP contribution is 2.32. The monoisotopic (exact) mass is 473 g/mol. The second-order valence-electron chi connectivity index (χ2n) is 8.47. The van der Waals surface area contributed by atoms with Crippen LogP contribution < -0.4 is 10.1 Å². The van der Waals surface area contributed by atoms with Gasteiger partial charge in [0, 0.05) is 18.9 Å². The van der Waals surface area contributed by atoms with Crippen LogP contribution in [0.1, 0.15) is 34.6 Å². The number of benzene rings is 3. The summed E-state index contributed by atoms with van der Waals surface area (Å²) >= 11 is 0. The first-order chi connectivity index (χ1) is 17.1. The second kappa shape index (κ2) is 12.2. The summed E-state index contributed by atoms with van der Waals surface area (Å²) in [6.45, 7) is 0.859. The molecule has 3 aromatic carbocycles. The van der Waals surface area contributed by atoms with Crippen LogP contribution in [0.15, 0.2) is 90.7 Å². The standard InChI is InChI=1S/C29H31NO5/c1-33-26-13-11-24(12-14-26)25-17-27(29(32)30-16-15-21-5-3-2-4-6-21)35-28(18-25)34-20-23-9-7-22(19-31)8-10-23/h2-14,17,25,28,31H,15-16,18-20H2,1H3,(H,30,32)/t25-,28+/m0/s1. The molecule has 0 unspecified atom stereocenters. The lowest BCUT2D eigenvalue weighted by molar-refractivity contribution is -0.150. The van der Waals surface area contributed by atoms with Crippen molar-refractivity contribution in [1.82, 2.24) is 5.32 Å². The van der Waals surface area contributed by atoms with Crippen molar-refractivity contribution in [3.8, 4) is 5.75 Å². The molecule has 0 saturated carbocycles. The van der Waals surface area contributed by atoms with Gasteiger partial charge in [-0.2, -0.15) is 0 Å². The minimum atomic E-state index is -0.570. The molecule has 6 heteroatoms. The third-order valence-corrected chi connectivity index (χ3v) is 6.01. The molecule has 182 valence electrons. The van der Waals surface area contributed by atoms with E-state index in [0.717, 1.165) is 34.4 Å². The van der Waals surface area contributed by atoms with E-state index in [1.807, 2.05) is 84.9 Å². The molecule has 1 aliphatic rings. The Balaban J connectivity index is 1.43. The highest BCUT2D eigenvalue weighted by Gasteiger charge is 2.28. The van der Waals surface area contributed by atoms with E-state index in [1.165, 1.54) is 0 Å². The molecule has 0 spiro atoms. The molecule has 0 bridgehead atoms. The fourth-order valence-corrected chi connectivity index (χ4v) is 3.98. The summed E-state index contributed by atoms with van der Waals surface area (Å²) in [7, 11) is 1.64. The number of carbonyl (C=O) groups excluding carboxylic acids is 1. The maximum Gasteiger partial charge on any atom is 0.286 e. The quantitative estimate of drug-likeness (QED) is 0.454. The van der Waals surface area contributed by atoms with Crippen molar-refractivity contribution in [2.75, 3.05) is 13.7 Å². The number of ether oxygens (including phenoxy) is 3. The van der Waals surface area contributed by atoms with Crippen LogP contribution in [0.3, 0.4) is 0 Å². The Morgan fingerprint density at radius 2 is 1.69 bits per heavy atom. The predicted molar refractivity (Wildman–Crippen MR) is 134 cm³/mol. The molecule has 6 nitrogen and oxygen atoms in total. The third-order valence-electron chi connectivity index (χ3n) is 6.01. The van der Waals surface area contributed by atoms with Gasteiger partial charge < -0.3 is 24.6 Å². The first-order valence-corrected chi connectivity index (χ1v) is 11.8. The van der Waals surface area contributed by atoms with Crippen molar-refractivity contribution in [2.45, 2.75) is 38.3 Å². The smallest absolute Gasteiger partial charge is 0.286 e. The van der Waals surface area contributed by atoms with Crippen molar-refractivity contribution < 1.29 is 24.1 Å². The van der Waals surface area contributed by atoms with Gasteiger partial charge in [-0.1, -0.05) is 66.7 Å². The van der Waals surface area contributed by atoms with Crippen LogP contribution in [0.2, 0.25) is 0 Å². The summed E-state index contributed by atoms with van der Waals surface area (Å²) in [5.41, 5.74) is 4.04. The zero-order chi connectivity index (χ0) is 24.5. The maximum atomic E-state index is 13.0. The summed E-state index contributed by atoms with van der Waals surface area (Å²) in [5.74, 6) is 0.764. The van der Waals surface area contributed by atoms with E-state index in [9.17, 15) is 9.90 Å². The van der Waals surface area contributed by atoms with Crippen LogP contribution >= 0.6 is 0 Å². The first kappa shape index (κ1) is 24.5. The summed E-state index contributed by atoms with van der Waals surface area (Å²) < 4.78 is 17.3. The third kappa shape index (κ3) is 6.94. The van der Waals surface area contributed by atoms with E-state index < -0.39 is 6.29 Å². The minimum absolute atomic E-state index is 0.00392. The lowest BCUT2D eigenvalue weighted by Gasteiger charge is -2.29. The fraction of sp³-hybridized carbons (Fsp3) is 0.276. The summed E-state index contributed by atoms with van der Waals surface area (Å²) in [6.07, 6.45) is 2.63. The Morgan fingerprint density at radius 3 is 2.37 bits per heavy atom. The van der Waals surface area contributed by atoms with Gasteiger partial charge in [-0.15, -0.1) is 0 Å². The van der Waals surface area contributed by atoms with Gasteiger partial charge >= 0.3 is 0 Å². The average Bonchev–Trinajstić information content (AvgIpc) is 2.92. The Morgan fingerprint density at radius 1 is 0.971 bits per heavy atom. The molecule has 0 aromatic heterocycles. The van der Waals surface area contributed by atoms with E-state index in [1.54, 1.807) is 7.11 Å². The average molecular weight is 474 g/mol. The number of rotatable bonds is 10. The molecule has 1 aliphatic heterocycles. The van der Waals surface area contributed by atoms with Crippen LogP contribution in [0.5, 0.6) is 5.75 Å². The van der Waals surface area contributed by atoms with Crippen LogP contribution in [0, 0.1) is 0 Å². The molecule has 0 aliphatic carbocycles. The topological polar surface area (TPSA) is 77.0 Å². The van der Waals surface area contributed by atoms with Crippen LogP contribution in [0.4, 0.5) is 0 Å². The molecule has 2 N–H and O–H groups in total. The molecule has 1 heterocycles. The number of amides is 1. The van der Waals surface area contributed by atoms with Crippen LogP contribution in [-0.4, -0.2) is 31.0 Å². The summed E-state index contributed by atoms with van der Waals surface area (Å²) in [5, 5.41) is 12.2. The van der Waals surface area contributed by atoms with Gasteiger partial charge in [-0.05, 0) is 46.9 Å². The van der Waals surface area contributed by atoms with Crippen molar-refractivity contribution in [2.24, 2.45) is 0 Å². The van der Waals surface area contributed by atoms with Crippen molar-refractivity contribution in [1.29, 1.82) is 0 Å². The number of carbonyl (C=O) groups is 1. The number of allylic oxidation sites excluding steroid dienone is 1. The van der Waals surface area contributed by atoms with Crippen molar-refractivity contribution >= 4 is 5.91 Å². The Labute approximate surface area is 206 Å². The lowest BCUT2D eigenvalue weighted by Crippen LogP contribution is -2.33. The molecule has 0 radical (unpaired) electrons. The van der Waals surface area contributed by atoms with E-state index in [-0.39, 0.29) is 24.2 Å². The second-order valence-corrected chi connectivity index (χ2v) is 8.47. The van der Waals surface area contributed by atoms with Gasteiger partial charge in [-0.3, -0.25) is 4.79 Å². The molecule has 3 aromatic rings. The molecule has 0 fully saturated rings. The van der Waals surface area contributed by atoms with E-state index in [4.69, 9.17) is 14.2 Å². The van der Waals surface area contributed by atoms with Gasteiger partial charge in [0.1, 0.15) is 5.75 Å². The van der Waals surface area contributed by atoms with Crippen molar-refractivity contribution in [3.05, 3.63) is 113 Å². The Kier molecular flexibility index (Phi) is 8.54. The van der Waals surface area contributed by atoms with Gasteiger partial charge in [-0.25, -0.2) is 0 Å². The number of nitrogens with one attached hydrogen (secondary N) is 1. The van der Waals surface area contributed by atoms with Gasteiger partial charge in [0.05, 0.1) is 20.3 Å². The molecule has 1 amide bonds. The molecule has 2 atom stereocenters. The number of methoxy groups -OCH3 is 1. The van der Waals surface area contributed by atoms with Gasteiger partial charge in [0.25, 0.3) is 5.91 Å². The number of aliphatic hydroxyl groups is 1. The van der Waals surface area contributed by atoms with Crippen molar-refractivity contribution in [3.63, 3.8) is 0 Å². The zero-order valence-corrected chi connectivity index (χ0v) is 19.9. The SMILES string of the molecule is COc1ccc([C@H]2C=C(C(=O)NCCc3ccccc3)O[C@@H](OCc3ccc(CO)cc3)C2)cc1. The highest BCUT2D eigenvalue weighted by atomic mass is 16.7. The molecule has 0 saturated heterocycles. The number of hydrogen-bond donors (Lipinski definition) is 2. The maximum absolute atomic E-state index is 13.0. The fourth-order valence-electron chi connectivity index (χ4n) is 3.98. The first-order valence-electron chi connectivity index (χ1n) is 11.8. The molecular formula is C29H31NO5. The zero-order valence-electron chi connectivity index (χ0n) is 19.9. The summed E-state index contributed by atoms with van der Waals surface area (Å²) in [6, 6.07) is 25.4. The highest BCUT2D eigenvalue weighted by molar-refractivity contribution is 5.91. The molecule has 35 heavy (non-hydrogen) atoms. The van der Waals surface area contributed by atoms with Crippen LogP contribution in [0.25, 0.3) is 0 Å². The Bertz CT molecular complexity index is 1110. The lowest BCUT2D eigenvalue weighted by atomic mass is 9.93. The predicted octanol–water partition coefficient (Wildman–Crippen LogP) is 4.48. The summed E-state index contributed by atoms with van der Waals surface area (Å²) in [4.78, 5) is 13.0. The van der Waals surface area contributed by atoms with E-state index >= 15 is 0 Å². The normalized spacial score (nSPS) is 17.3. The largest absolute Gasteiger partial charge is 0.497 e. The van der Waals surface area contributed by atoms with Gasteiger partial charge in [0.15, 0.2) is 5.76 Å².